The quantitative estimate of drug-likeness (QED) is 0.629. The lowest BCUT2D eigenvalue weighted by atomic mass is 10.2. The van der Waals surface area contributed by atoms with Gasteiger partial charge in [0.25, 0.3) is 0 Å². The highest BCUT2D eigenvalue weighted by Crippen LogP contribution is 2.20. The van der Waals surface area contributed by atoms with Crippen LogP contribution in [0.1, 0.15) is 28.2 Å². The number of hydrogen-bond acceptors (Lipinski definition) is 4. The van der Waals surface area contributed by atoms with Crippen LogP contribution in [0.3, 0.4) is 0 Å². The third-order valence-electron chi connectivity index (χ3n) is 4.07. The van der Waals surface area contributed by atoms with Crippen LogP contribution in [-0.2, 0) is 17.9 Å². The van der Waals surface area contributed by atoms with Crippen LogP contribution in [0.5, 0.6) is 0 Å². The molecule has 3 rings (SSSR count). The summed E-state index contributed by atoms with van der Waals surface area (Å²) in [6, 6.07) is 7.21. The molecular formula is C18H17ClFN5O3. The van der Waals surface area contributed by atoms with Crippen LogP contribution in [-0.4, -0.2) is 36.5 Å². The molecule has 0 aliphatic carbocycles. The number of carboxylic acids is 1. The van der Waals surface area contributed by atoms with Gasteiger partial charge in [-0.15, -0.1) is 0 Å². The molecule has 10 heteroatoms. The van der Waals surface area contributed by atoms with Crippen LogP contribution < -0.4 is 5.32 Å². The van der Waals surface area contributed by atoms with Gasteiger partial charge in [-0.05, 0) is 30.7 Å². The predicted molar refractivity (Wildman–Crippen MR) is 99.9 cm³/mol. The lowest BCUT2D eigenvalue weighted by Gasteiger charge is -2.07. The molecule has 0 saturated carbocycles. The van der Waals surface area contributed by atoms with Crippen LogP contribution in [0, 0.1) is 12.7 Å². The summed E-state index contributed by atoms with van der Waals surface area (Å²) in [5.74, 6) is -1.48. The molecule has 0 saturated heterocycles. The summed E-state index contributed by atoms with van der Waals surface area (Å²) in [4.78, 5) is 23.2. The van der Waals surface area contributed by atoms with Gasteiger partial charge in [-0.2, -0.15) is 10.2 Å². The monoisotopic (exact) mass is 405 g/mol. The molecule has 2 N–H and O–H groups in total. The van der Waals surface area contributed by atoms with Crippen LogP contribution in [0.25, 0.3) is 0 Å². The van der Waals surface area contributed by atoms with Gasteiger partial charge in [0.15, 0.2) is 5.82 Å². The van der Waals surface area contributed by atoms with E-state index in [1.165, 1.54) is 29.1 Å². The zero-order chi connectivity index (χ0) is 20.3. The van der Waals surface area contributed by atoms with E-state index in [0.29, 0.717) is 22.9 Å². The van der Waals surface area contributed by atoms with Gasteiger partial charge in [0.1, 0.15) is 11.5 Å². The van der Waals surface area contributed by atoms with Gasteiger partial charge < -0.3 is 10.4 Å². The highest BCUT2D eigenvalue weighted by Gasteiger charge is 2.13. The fraction of sp³-hybridized carbons (Fsp3) is 0.222. The van der Waals surface area contributed by atoms with E-state index in [1.54, 1.807) is 16.8 Å². The van der Waals surface area contributed by atoms with E-state index in [-0.39, 0.29) is 24.6 Å². The number of rotatable bonds is 7. The first-order chi connectivity index (χ1) is 13.3. The molecule has 0 radical (unpaired) electrons. The number of carbonyl (C=O) groups excluding carboxylic acids is 1. The molecule has 28 heavy (non-hydrogen) atoms. The van der Waals surface area contributed by atoms with Crippen molar-refractivity contribution in [1.29, 1.82) is 0 Å². The molecule has 0 aliphatic rings. The Bertz CT molecular complexity index is 1030. The maximum Gasteiger partial charge on any atom is 0.354 e. The van der Waals surface area contributed by atoms with Gasteiger partial charge in [0.05, 0.1) is 13.1 Å². The highest BCUT2D eigenvalue weighted by atomic mass is 35.5. The lowest BCUT2D eigenvalue weighted by Crippen LogP contribution is -2.17. The van der Waals surface area contributed by atoms with Crippen molar-refractivity contribution in [2.24, 2.45) is 0 Å². The van der Waals surface area contributed by atoms with Gasteiger partial charge in [0.2, 0.25) is 5.91 Å². The molecule has 0 atom stereocenters. The number of hydrogen-bond donors (Lipinski definition) is 2. The minimum absolute atomic E-state index is 0.0177. The summed E-state index contributed by atoms with van der Waals surface area (Å²) >= 11 is 6.05. The molecule has 8 nitrogen and oxygen atoms in total. The van der Waals surface area contributed by atoms with Gasteiger partial charge in [-0.1, -0.05) is 17.7 Å². The molecule has 0 aliphatic heterocycles. The van der Waals surface area contributed by atoms with E-state index in [9.17, 15) is 14.0 Å². The first-order valence-corrected chi connectivity index (χ1v) is 8.74. The number of benzene rings is 1. The lowest BCUT2D eigenvalue weighted by molar-refractivity contribution is -0.116. The summed E-state index contributed by atoms with van der Waals surface area (Å²) in [5, 5.41) is 20.2. The van der Waals surface area contributed by atoms with E-state index in [4.69, 9.17) is 16.7 Å². The van der Waals surface area contributed by atoms with Crippen molar-refractivity contribution in [3.63, 3.8) is 0 Å². The molecule has 2 aromatic heterocycles. The fourth-order valence-electron chi connectivity index (χ4n) is 2.65. The average molecular weight is 406 g/mol. The smallest absolute Gasteiger partial charge is 0.354 e. The van der Waals surface area contributed by atoms with Crippen LogP contribution in [0.4, 0.5) is 10.2 Å². The van der Waals surface area contributed by atoms with Crippen molar-refractivity contribution in [2.45, 2.75) is 26.4 Å². The number of aromatic carboxylic acids is 1. The zero-order valence-corrected chi connectivity index (χ0v) is 15.6. The standard InChI is InChI=1S/C18H17ClFN5O3/c1-11-8-16(23-25(11)10-12-2-3-13(20)9-14(12)19)22-17(26)5-7-24-15(18(27)28)4-6-21-24/h2-4,6,8-9H,5,7,10H2,1H3,(H,27,28)(H,22,23,26). The minimum Gasteiger partial charge on any atom is -0.477 e. The van der Waals surface area contributed by atoms with Gasteiger partial charge in [-0.25, -0.2) is 9.18 Å². The first-order valence-electron chi connectivity index (χ1n) is 8.37. The Hall–Kier alpha value is -3.20. The minimum atomic E-state index is -1.10. The normalized spacial score (nSPS) is 10.8. The topological polar surface area (TPSA) is 102 Å². The Kier molecular flexibility index (Phi) is 5.74. The summed E-state index contributed by atoms with van der Waals surface area (Å²) in [6.07, 6.45) is 1.41. The van der Waals surface area contributed by atoms with Crippen molar-refractivity contribution in [3.05, 3.63) is 64.3 Å². The SMILES string of the molecule is Cc1cc(NC(=O)CCn2nccc2C(=O)O)nn1Cc1ccc(F)cc1Cl. The van der Waals surface area contributed by atoms with Crippen LogP contribution in [0.15, 0.2) is 36.5 Å². The second kappa shape index (κ2) is 8.22. The van der Waals surface area contributed by atoms with E-state index < -0.39 is 11.8 Å². The highest BCUT2D eigenvalue weighted by molar-refractivity contribution is 6.31. The molecule has 1 aromatic carbocycles. The second-order valence-corrected chi connectivity index (χ2v) is 6.51. The van der Waals surface area contributed by atoms with Gasteiger partial charge >= 0.3 is 5.97 Å². The summed E-state index contributed by atoms with van der Waals surface area (Å²) in [7, 11) is 0. The molecule has 0 spiro atoms. The molecule has 0 bridgehead atoms. The fourth-order valence-corrected chi connectivity index (χ4v) is 2.87. The molecule has 2 heterocycles. The third-order valence-corrected chi connectivity index (χ3v) is 4.42. The summed E-state index contributed by atoms with van der Waals surface area (Å²) in [6.45, 7) is 2.28. The number of aryl methyl sites for hydroxylation is 2. The van der Waals surface area contributed by atoms with Crippen LogP contribution in [0.2, 0.25) is 5.02 Å². The van der Waals surface area contributed by atoms with E-state index >= 15 is 0 Å². The van der Waals surface area contributed by atoms with Crippen LogP contribution >= 0.6 is 11.6 Å². The Labute approximate surface area is 164 Å². The first kappa shape index (κ1) is 19.6. The van der Waals surface area contributed by atoms with E-state index in [0.717, 1.165) is 5.69 Å². The molecule has 1 amide bonds. The summed E-state index contributed by atoms with van der Waals surface area (Å²) < 4.78 is 16.1. The van der Waals surface area contributed by atoms with Crippen molar-refractivity contribution in [3.8, 4) is 0 Å². The number of nitrogens with one attached hydrogen (secondary N) is 1. The number of carbonyl (C=O) groups is 2. The van der Waals surface area contributed by atoms with E-state index in [2.05, 4.69) is 15.5 Å². The zero-order valence-electron chi connectivity index (χ0n) is 14.9. The third kappa shape index (κ3) is 4.55. The number of amides is 1. The van der Waals surface area contributed by atoms with Crippen molar-refractivity contribution in [2.75, 3.05) is 5.32 Å². The Morgan fingerprint density at radius 2 is 2.04 bits per heavy atom. The Morgan fingerprint density at radius 3 is 2.75 bits per heavy atom. The second-order valence-electron chi connectivity index (χ2n) is 6.11. The van der Waals surface area contributed by atoms with Gasteiger partial charge in [-0.3, -0.25) is 14.2 Å². The molecule has 146 valence electrons. The molecule has 0 fully saturated rings. The van der Waals surface area contributed by atoms with E-state index in [1.807, 2.05) is 6.92 Å². The molecular weight excluding hydrogens is 389 g/mol. The van der Waals surface area contributed by atoms with Crippen molar-refractivity contribution >= 4 is 29.3 Å². The Morgan fingerprint density at radius 1 is 1.25 bits per heavy atom. The van der Waals surface area contributed by atoms with Crippen molar-refractivity contribution in [1.82, 2.24) is 19.6 Å². The predicted octanol–water partition coefficient (Wildman–Crippen LogP) is 2.96. The number of carboxylic acid groups (broad SMARTS) is 1. The molecule has 3 aromatic rings. The number of nitrogens with zero attached hydrogens (tertiary/aromatic N) is 4. The number of anilines is 1. The summed E-state index contributed by atoms with van der Waals surface area (Å²) in [5.41, 5.74) is 1.51. The largest absolute Gasteiger partial charge is 0.477 e. The Balaban J connectivity index is 1.62. The van der Waals surface area contributed by atoms with Crippen molar-refractivity contribution < 1.29 is 19.1 Å². The molecule has 0 unspecified atom stereocenters. The maximum absolute atomic E-state index is 13.2. The maximum atomic E-state index is 13.2. The average Bonchev–Trinajstić information content (AvgIpc) is 3.22. The number of aromatic nitrogens is 4. The number of halogens is 2. The van der Waals surface area contributed by atoms with Gasteiger partial charge in [0, 0.05) is 29.4 Å².